The van der Waals surface area contributed by atoms with Crippen molar-refractivity contribution in [3.05, 3.63) is 0 Å². The molecule has 90 valence electrons. The highest BCUT2D eigenvalue weighted by atomic mass is 16.5. The molecule has 0 radical (unpaired) electrons. The maximum atomic E-state index is 11.2. The largest absolute Gasteiger partial charge is 0.370 e. The molecule has 1 amide bonds. The first-order valence-electron chi connectivity index (χ1n) is 6.27. The fourth-order valence-corrected chi connectivity index (χ4v) is 2.59. The summed E-state index contributed by atoms with van der Waals surface area (Å²) in [5, 5.41) is 2.82. The summed E-state index contributed by atoms with van der Waals surface area (Å²) in [5.41, 5.74) is 0. The molecule has 0 saturated heterocycles. The normalized spacial score (nSPS) is 24.1. The van der Waals surface area contributed by atoms with Gasteiger partial charge in [-0.1, -0.05) is 19.3 Å². The predicted molar refractivity (Wildman–Crippen MR) is 62.4 cm³/mol. The van der Waals surface area contributed by atoms with Gasteiger partial charge in [0.15, 0.2) is 0 Å². The van der Waals surface area contributed by atoms with Crippen molar-refractivity contribution in [3.63, 3.8) is 0 Å². The van der Waals surface area contributed by atoms with Crippen molar-refractivity contribution in [3.8, 4) is 0 Å². The van der Waals surface area contributed by atoms with Crippen molar-refractivity contribution in [2.75, 3.05) is 13.2 Å². The van der Waals surface area contributed by atoms with Gasteiger partial charge in [-0.3, -0.25) is 9.79 Å². The van der Waals surface area contributed by atoms with Crippen LogP contribution in [0.3, 0.4) is 0 Å². The average Bonchev–Trinajstić information content (AvgIpc) is 2.74. The van der Waals surface area contributed by atoms with E-state index in [0.717, 1.165) is 5.84 Å². The number of carbonyl (C=O) groups is 1. The van der Waals surface area contributed by atoms with E-state index in [1.54, 1.807) is 0 Å². The van der Waals surface area contributed by atoms with Gasteiger partial charge in [-0.25, -0.2) is 0 Å². The van der Waals surface area contributed by atoms with Crippen LogP contribution in [0, 0.1) is 5.92 Å². The SMILES string of the molecule is CCOC(C1=NCC(=O)N1)C1CCCCC1. The molecule has 2 rings (SSSR count). The van der Waals surface area contributed by atoms with Crippen molar-refractivity contribution in [1.82, 2.24) is 5.32 Å². The number of carbonyl (C=O) groups excluding carboxylic acids is 1. The number of amides is 1. The lowest BCUT2D eigenvalue weighted by atomic mass is 9.84. The standard InChI is InChI=1S/C12H20N2O2/c1-2-16-11(9-6-4-3-5-7-9)12-13-8-10(15)14-12/h9,11H,2-8H2,1H3,(H,13,14,15). The highest BCUT2D eigenvalue weighted by Gasteiger charge is 2.31. The van der Waals surface area contributed by atoms with Crippen molar-refractivity contribution in [2.24, 2.45) is 10.9 Å². The van der Waals surface area contributed by atoms with E-state index >= 15 is 0 Å². The molecule has 1 aliphatic carbocycles. The molecule has 0 aromatic heterocycles. The highest BCUT2D eigenvalue weighted by molar-refractivity contribution is 6.06. The van der Waals surface area contributed by atoms with Gasteiger partial charge in [-0.2, -0.15) is 0 Å². The Morgan fingerprint density at radius 3 is 2.75 bits per heavy atom. The van der Waals surface area contributed by atoms with Crippen LogP contribution in [0.2, 0.25) is 0 Å². The Morgan fingerprint density at radius 2 is 2.19 bits per heavy atom. The van der Waals surface area contributed by atoms with Gasteiger partial charge in [0.05, 0.1) is 0 Å². The monoisotopic (exact) mass is 224 g/mol. The Balaban J connectivity index is 2.00. The Morgan fingerprint density at radius 1 is 1.44 bits per heavy atom. The van der Waals surface area contributed by atoms with Crippen LogP contribution in [0.1, 0.15) is 39.0 Å². The maximum absolute atomic E-state index is 11.2. The van der Waals surface area contributed by atoms with Crippen LogP contribution in [0.25, 0.3) is 0 Å². The maximum Gasteiger partial charge on any atom is 0.247 e. The highest BCUT2D eigenvalue weighted by Crippen LogP contribution is 2.28. The zero-order chi connectivity index (χ0) is 11.4. The van der Waals surface area contributed by atoms with Crippen molar-refractivity contribution < 1.29 is 9.53 Å². The van der Waals surface area contributed by atoms with E-state index in [1.807, 2.05) is 6.92 Å². The summed E-state index contributed by atoms with van der Waals surface area (Å²) in [6.07, 6.45) is 6.27. The first kappa shape index (κ1) is 11.6. The van der Waals surface area contributed by atoms with Crippen LogP contribution in [-0.2, 0) is 9.53 Å². The van der Waals surface area contributed by atoms with Gasteiger partial charge in [-0.15, -0.1) is 0 Å². The van der Waals surface area contributed by atoms with Crippen LogP contribution >= 0.6 is 0 Å². The number of amidine groups is 1. The summed E-state index contributed by atoms with van der Waals surface area (Å²) in [5.74, 6) is 1.29. The van der Waals surface area contributed by atoms with Crippen LogP contribution in [0.15, 0.2) is 4.99 Å². The predicted octanol–water partition coefficient (Wildman–Crippen LogP) is 1.50. The van der Waals surface area contributed by atoms with Gasteiger partial charge in [0.25, 0.3) is 0 Å². The lowest BCUT2D eigenvalue weighted by Gasteiger charge is -2.29. The molecule has 1 atom stereocenters. The average molecular weight is 224 g/mol. The van der Waals surface area contributed by atoms with E-state index in [-0.39, 0.29) is 18.6 Å². The van der Waals surface area contributed by atoms with Gasteiger partial charge in [0.2, 0.25) is 5.91 Å². The summed E-state index contributed by atoms with van der Waals surface area (Å²) in [7, 11) is 0. The van der Waals surface area contributed by atoms with Crippen LogP contribution < -0.4 is 5.32 Å². The van der Waals surface area contributed by atoms with Gasteiger partial charge in [0.1, 0.15) is 18.5 Å². The van der Waals surface area contributed by atoms with Crippen molar-refractivity contribution >= 4 is 11.7 Å². The number of nitrogens with one attached hydrogen (secondary N) is 1. The molecule has 4 heteroatoms. The first-order chi connectivity index (χ1) is 7.81. The second-order valence-corrected chi connectivity index (χ2v) is 4.52. The number of aliphatic imine (C=N–C) groups is 1. The fraction of sp³-hybridized carbons (Fsp3) is 0.833. The summed E-state index contributed by atoms with van der Waals surface area (Å²) < 4.78 is 5.77. The number of rotatable bonds is 4. The lowest BCUT2D eigenvalue weighted by Crippen LogP contribution is -2.41. The zero-order valence-electron chi connectivity index (χ0n) is 9.87. The lowest BCUT2D eigenvalue weighted by molar-refractivity contribution is -0.117. The minimum absolute atomic E-state index is 0.00416. The second kappa shape index (κ2) is 5.43. The quantitative estimate of drug-likeness (QED) is 0.786. The third kappa shape index (κ3) is 2.61. The van der Waals surface area contributed by atoms with E-state index in [1.165, 1.54) is 32.1 Å². The van der Waals surface area contributed by atoms with Crippen LogP contribution in [0.5, 0.6) is 0 Å². The molecular formula is C12H20N2O2. The summed E-state index contributed by atoms with van der Waals surface area (Å²) in [6, 6.07) is 0. The Labute approximate surface area is 96.5 Å². The summed E-state index contributed by atoms with van der Waals surface area (Å²) >= 11 is 0. The third-order valence-corrected chi connectivity index (χ3v) is 3.35. The number of hydrogen-bond acceptors (Lipinski definition) is 3. The molecule has 2 aliphatic rings. The van der Waals surface area contributed by atoms with E-state index in [9.17, 15) is 4.79 Å². The summed E-state index contributed by atoms with van der Waals surface area (Å²) in [4.78, 5) is 15.4. The van der Waals surface area contributed by atoms with E-state index < -0.39 is 0 Å². The molecule has 1 fully saturated rings. The van der Waals surface area contributed by atoms with Gasteiger partial charge in [0, 0.05) is 6.61 Å². The van der Waals surface area contributed by atoms with E-state index in [4.69, 9.17) is 4.74 Å². The Kier molecular flexibility index (Phi) is 3.93. The van der Waals surface area contributed by atoms with Crippen molar-refractivity contribution in [2.45, 2.75) is 45.1 Å². The van der Waals surface area contributed by atoms with Gasteiger partial charge >= 0.3 is 0 Å². The summed E-state index contributed by atoms with van der Waals surface area (Å²) in [6.45, 7) is 2.94. The van der Waals surface area contributed by atoms with E-state index in [0.29, 0.717) is 12.5 Å². The molecule has 1 heterocycles. The molecule has 0 bridgehead atoms. The Hall–Kier alpha value is -0.900. The number of hydrogen-bond donors (Lipinski definition) is 1. The molecule has 1 N–H and O–H groups in total. The molecule has 1 saturated carbocycles. The number of ether oxygens (including phenoxy) is 1. The molecule has 4 nitrogen and oxygen atoms in total. The topological polar surface area (TPSA) is 50.7 Å². The molecule has 0 aromatic carbocycles. The smallest absolute Gasteiger partial charge is 0.247 e. The fourth-order valence-electron chi connectivity index (χ4n) is 2.59. The molecule has 1 aliphatic heterocycles. The van der Waals surface area contributed by atoms with Crippen molar-refractivity contribution in [1.29, 1.82) is 0 Å². The van der Waals surface area contributed by atoms with Gasteiger partial charge < -0.3 is 10.1 Å². The van der Waals surface area contributed by atoms with Crippen LogP contribution in [0.4, 0.5) is 0 Å². The number of nitrogens with zero attached hydrogens (tertiary/aromatic N) is 1. The van der Waals surface area contributed by atoms with E-state index in [2.05, 4.69) is 10.3 Å². The molecule has 1 unspecified atom stereocenters. The Bertz CT molecular complexity index is 283. The molecule has 0 spiro atoms. The molecule has 0 aromatic rings. The van der Waals surface area contributed by atoms with Crippen LogP contribution in [-0.4, -0.2) is 31.0 Å². The molecule has 16 heavy (non-hydrogen) atoms. The minimum Gasteiger partial charge on any atom is -0.370 e. The first-order valence-corrected chi connectivity index (χ1v) is 6.27. The third-order valence-electron chi connectivity index (χ3n) is 3.35. The molecular weight excluding hydrogens is 204 g/mol. The van der Waals surface area contributed by atoms with Gasteiger partial charge in [-0.05, 0) is 25.7 Å². The minimum atomic E-state index is -0.00416. The second-order valence-electron chi connectivity index (χ2n) is 4.52. The zero-order valence-corrected chi connectivity index (χ0v) is 9.87.